The highest BCUT2D eigenvalue weighted by Crippen LogP contribution is 2.16. The van der Waals surface area contributed by atoms with Crippen molar-refractivity contribution in [3.63, 3.8) is 0 Å². The number of anilines is 1. The van der Waals surface area contributed by atoms with Gasteiger partial charge in [0.1, 0.15) is 5.82 Å². The number of hydrogen-bond acceptors (Lipinski definition) is 3. The summed E-state index contributed by atoms with van der Waals surface area (Å²) in [7, 11) is 0. The number of rotatable bonds is 7. The van der Waals surface area contributed by atoms with E-state index < -0.39 is 0 Å². The zero-order valence-electron chi connectivity index (χ0n) is 14.9. The number of imidazole rings is 1. The average Bonchev–Trinajstić information content (AvgIpc) is 2.94. The molecule has 1 aromatic carbocycles. The predicted molar refractivity (Wildman–Crippen MR) is 108 cm³/mol. The average molecular weight is 387 g/mol. The molecule has 0 saturated carbocycles. The lowest BCUT2D eigenvalue weighted by Crippen LogP contribution is -2.19. The first-order valence-electron chi connectivity index (χ1n) is 8.11. The monoisotopic (exact) mass is 386 g/mol. The largest absolute Gasteiger partial charge is 0.330 e. The molecule has 25 heavy (non-hydrogen) atoms. The van der Waals surface area contributed by atoms with Gasteiger partial charge in [0.15, 0.2) is 0 Å². The number of amides is 1. The second-order valence-electron chi connectivity index (χ2n) is 6.33. The molecule has 0 aliphatic heterocycles. The molecule has 0 saturated heterocycles. The Balaban J connectivity index is 0.00000288. The van der Waals surface area contributed by atoms with Crippen molar-refractivity contribution >= 4 is 36.4 Å². The van der Waals surface area contributed by atoms with Crippen molar-refractivity contribution in [1.82, 2.24) is 9.55 Å². The Morgan fingerprint density at radius 3 is 2.64 bits per heavy atom. The van der Waals surface area contributed by atoms with Crippen molar-refractivity contribution < 1.29 is 4.79 Å². The van der Waals surface area contributed by atoms with Gasteiger partial charge in [-0.05, 0) is 31.0 Å². The van der Waals surface area contributed by atoms with Crippen LogP contribution in [0.2, 0.25) is 0 Å². The molecule has 1 aromatic heterocycles. The number of nitrogens with one attached hydrogen (secondary N) is 1. The number of aromatic nitrogens is 2. The smallest absolute Gasteiger partial charge is 0.224 e. The van der Waals surface area contributed by atoms with Gasteiger partial charge in [0, 0.05) is 43.0 Å². The molecule has 5 nitrogen and oxygen atoms in total. The standard InChI is InChI=1S/C18H26N4O.2ClH/c1-13(2)18-20-9-10-22(18)12-15-5-4-6-16(11-15)21-17(23)8-7-14(3)19;;/h4-6,9-11,13-14H,7-8,12,19H2,1-3H3,(H,21,23);2*1H. The molecule has 3 N–H and O–H groups in total. The molecular weight excluding hydrogens is 359 g/mol. The number of nitrogens with zero attached hydrogens (tertiary/aromatic N) is 2. The van der Waals surface area contributed by atoms with Crippen molar-refractivity contribution in [3.05, 3.63) is 48.0 Å². The molecular formula is C18H28Cl2N4O. The van der Waals surface area contributed by atoms with Crippen LogP contribution in [0.5, 0.6) is 0 Å². The molecule has 2 rings (SSSR count). The first-order chi connectivity index (χ1) is 11.0. The number of hydrogen-bond donors (Lipinski definition) is 2. The van der Waals surface area contributed by atoms with E-state index >= 15 is 0 Å². The van der Waals surface area contributed by atoms with Crippen LogP contribution >= 0.6 is 24.8 Å². The third-order valence-electron chi connectivity index (χ3n) is 3.65. The van der Waals surface area contributed by atoms with E-state index in [2.05, 4.69) is 34.8 Å². The van der Waals surface area contributed by atoms with Crippen LogP contribution in [0.3, 0.4) is 0 Å². The van der Waals surface area contributed by atoms with Gasteiger partial charge in [0.25, 0.3) is 0 Å². The molecule has 2 aromatic rings. The maximum Gasteiger partial charge on any atom is 0.224 e. The van der Waals surface area contributed by atoms with Crippen molar-refractivity contribution in [2.75, 3.05) is 5.32 Å². The molecule has 0 spiro atoms. The number of benzene rings is 1. The molecule has 7 heteroatoms. The minimum absolute atomic E-state index is 0. The van der Waals surface area contributed by atoms with Crippen LogP contribution in [0.15, 0.2) is 36.7 Å². The topological polar surface area (TPSA) is 72.9 Å². The van der Waals surface area contributed by atoms with E-state index in [0.717, 1.165) is 23.6 Å². The van der Waals surface area contributed by atoms with Gasteiger partial charge in [-0.2, -0.15) is 0 Å². The fourth-order valence-corrected chi connectivity index (χ4v) is 2.48. The van der Waals surface area contributed by atoms with Gasteiger partial charge in [0.05, 0.1) is 0 Å². The van der Waals surface area contributed by atoms with Gasteiger partial charge in [0.2, 0.25) is 5.91 Å². The van der Waals surface area contributed by atoms with Crippen LogP contribution < -0.4 is 11.1 Å². The molecule has 1 unspecified atom stereocenters. The Bertz CT molecular complexity index is 656. The maximum absolute atomic E-state index is 11.9. The Morgan fingerprint density at radius 2 is 2.00 bits per heavy atom. The van der Waals surface area contributed by atoms with Crippen LogP contribution in [-0.2, 0) is 11.3 Å². The summed E-state index contributed by atoms with van der Waals surface area (Å²) in [6.07, 6.45) is 4.96. The second kappa shape index (κ2) is 11.1. The summed E-state index contributed by atoms with van der Waals surface area (Å²) in [5, 5.41) is 2.94. The minimum Gasteiger partial charge on any atom is -0.330 e. The molecule has 1 amide bonds. The molecule has 0 fully saturated rings. The van der Waals surface area contributed by atoms with Crippen molar-refractivity contribution in [2.24, 2.45) is 5.73 Å². The van der Waals surface area contributed by atoms with Crippen LogP contribution in [0.4, 0.5) is 5.69 Å². The minimum atomic E-state index is 0. The zero-order chi connectivity index (χ0) is 16.8. The Morgan fingerprint density at radius 1 is 1.28 bits per heavy atom. The third-order valence-corrected chi connectivity index (χ3v) is 3.65. The lowest BCUT2D eigenvalue weighted by atomic mass is 10.1. The summed E-state index contributed by atoms with van der Waals surface area (Å²) in [6, 6.07) is 7.98. The van der Waals surface area contributed by atoms with Crippen LogP contribution in [0, 0.1) is 0 Å². The van der Waals surface area contributed by atoms with Gasteiger partial charge in [-0.3, -0.25) is 4.79 Å². The molecule has 0 radical (unpaired) electrons. The molecule has 1 atom stereocenters. The quantitative estimate of drug-likeness (QED) is 0.755. The predicted octanol–water partition coefficient (Wildman–Crippen LogP) is 3.96. The van der Waals surface area contributed by atoms with Gasteiger partial charge >= 0.3 is 0 Å². The molecule has 140 valence electrons. The van der Waals surface area contributed by atoms with E-state index in [4.69, 9.17) is 5.73 Å². The number of carbonyl (C=O) groups is 1. The number of carbonyl (C=O) groups excluding carboxylic acids is 1. The fraction of sp³-hybridized carbons (Fsp3) is 0.444. The van der Waals surface area contributed by atoms with Crippen molar-refractivity contribution in [2.45, 2.75) is 52.1 Å². The van der Waals surface area contributed by atoms with E-state index in [9.17, 15) is 4.79 Å². The Labute approximate surface area is 162 Å². The zero-order valence-corrected chi connectivity index (χ0v) is 16.6. The summed E-state index contributed by atoms with van der Waals surface area (Å²) < 4.78 is 2.14. The lowest BCUT2D eigenvalue weighted by molar-refractivity contribution is -0.116. The Kier molecular flexibility index (Phi) is 10.4. The summed E-state index contributed by atoms with van der Waals surface area (Å²) in [5.74, 6) is 1.45. The highest BCUT2D eigenvalue weighted by Gasteiger charge is 2.08. The fourth-order valence-electron chi connectivity index (χ4n) is 2.48. The number of nitrogens with two attached hydrogens (primary N) is 1. The second-order valence-corrected chi connectivity index (χ2v) is 6.33. The summed E-state index contributed by atoms with van der Waals surface area (Å²) in [6.45, 7) is 6.92. The molecule has 0 aliphatic rings. The normalized spacial score (nSPS) is 11.4. The van der Waals surface area contributed by atoms with Crippen molar-refractivity contribution in [3.8, 4) is 0 Å². The van der Waals surface area contributed by atoms with E-state index in [-0.39, 0.29) is 36.8 Å². The SMILES string of the molecule is CC(N)CCC(=O)Nc1cccc(Cn2ccnc2C(C)C)c1.Cl.Cl. The highest BCUT2D eigenvalue weighted by molar-refractivity contribution is 5.90. The first kappa shape index (κ1) is 23.4. The number of halogens is 2. The van der Waals surface area contributed by atoms with Crippen LogP contribution in [0.1, 0.15) is 50.9 Å². The van der Waals surface area contributed by atoms with Gasteiger partial charge in [-0.1, -0.05) is 26.0 Å². The first-order valence-corrected chi connectivity index (χ1v) is 8.11. The van der Waals surface area contributed by atoms with Crippen molar-refractivity contribution in [1.29, 1.82) is 0 Å². The lowest BCUT2D eigenvalue weighted by Gasteiger charge is -2.12. The maximum atomic E-state index is 11.9. The van der Waals surface area contributed by atoms with Crippen LogP contribution in [-0.4, -0.2) is 21.5 Å². The van der Waals surface area contributed by atoms with E-state index in [1.807, 2.05) is 37.5 Å². The highest BCUT2D eigenvalue weighted by atomic mass is 35.5. The molecule has 0 aliphatic carbocycles. The van der Waals surface area contributed by atoms with Gasteiger partial charge in [-0.25, -0.2) is 4.98 Å². The molecule has 0 bridgehead atoms. The van der Waals surface area contributed by atoms with Gasteiger partial charge in [-0.15, -0.1) is 24.8 Å². The van der Waals surface area contributed by atoms with E-state index in [1.165, 1.54) is 0 Å². The van der Waals surface area contributed by atoms with Crippen LogP contribution in [0.25, 0.3) is 0 Å². The van der Waals surface area contributed by atoms with Gasteiger partial charge < -0.3 is 15.6 Å². The Hall–Kier alpha value is -1.56. The molecule has 1 heterocycles. The summed E-state index contributed by atoms with van der Waals surface area (Å²) in [4.78, 5) is 16.3. The third kappa shape index (κ3) is 7.46. The summed E-state index contributed by atoms with van der Waals surface area (Å²) in [5.41, 5.74) is 7.64. The van der Waals surface area contributed by atoms with E-state index in [1.54, 1.807) is 0 Å². The van der Waals surface area contributed by atoms with E-state index in [0.29, 0.717) is 18.8 Å². The summed E-state index contributed by atoms with van der Waals surface area (Å²) >= 11 is 0.